The quantitative estimate of drug-likeness (QED) is 0.555. The van der Waals surface area contributed by atoms with E-state index in [4.69, 9.17) is 27.9 Å². The molecule has 0 aliphatic rings. The molecule has 2 amide bonds. The second kappa shape index (κ2) is 9.41. The van der Waals surface area contributed by atoms with Gasteiger partial charge in [-0.05, 0) is 48.5 Å². The highest BCUT2D eigenvalue weighted by Gasteiger charge is 2.16. The SMILES string of the molecule is O=C(CNC(=O)c1c(F)cccc1Cl)Nc1ccc(Oc2ccccc2Cl)cc1. The summed E-state index contributed by atoms with van der Waals surface area (Å²) in [5.41, 5.74) is 0.197. The molecular formula is C21H15Cl2FN2O3. The number of hydrogen-bond donors (Lipinski definition) is 2. The van der Waals surface area contributed by atoms with E-state index in [2.05, 4.69) is 10.6 Å². The highest BCUT2D eigenvalue weighted by atomic mass is 35.5. The number of carbonyl (C=O) groups excluding carboxylic acids is 2. The van der Waals surface area contributed by atoms with Crippen molar-refractivity contribution in [2.45, 2.75) is 0 Å². The molecule has 148 valence electrons. The fourth-order valence-corrected chi connectivity index (χ4v) is 2.85. The van der Waals surface area contributed by atoms with Crippen molar-refractivity contribution < 1.29 is 18.7 Å². The van der Waals surface area contributed by atoms with Gasteiger partial charge in [0.05, 0.1) is 22.2 Å². The van der Waals surface area contributed by atoms with Crippen LogP contribution in [0.3, 0.4) is 0 Å². The Morgan fingerprint density at radius 3 is 2.28 bits per heavy atom. The lowest BCUT2D eigenvalue weighted by atomic mass is 10.2. The van der Waals surface area contributed by atoms with Gasteiger partial charge in [0.25, 0.3) is 5.91 Å². The molecule has 5 nitrogen and oxygen atoms in total. The minimum atomic E-state index is -0.772. The molecule has 0 radical (unpaired) electrons. The summed E-state index contributed by atoms with van der Waals surface area (Å²) < 4.78 is 19.4. The van der Waals surface area contributed by atoms with E-state index in [-0.39, 0.29) is 17.1 Å². The van der Waals surface area contributed by atoms with Gasteiger partial charge in [0.15, 0.2) is 0 Å². The number of ether oxygens (including phenoxy) is 1. The Morgan fingerprint density at radius 2 is 1.59 bits per heavy atom. The van der Waals surface area contributed by atoms with Crippen LogP contribution < -0.4 is 15.4 Å². The van der Waals surface area contributed by atoms with Crippen molar-refractivity contribution in [3.05, 3.63) is 88.2 Å². The zero-order chi connectivity index (χ0) is 20.8. The van der Waals surface area contributed by atoms with Gasteiger partial charge in [0.1, 0.15) is 17.3 Å². The van der Waals surface area contributed by atoms with E-state index in [1.165, 1.54) is 12.1 Å². The Bertz CT molecular complexity index is 1020. The van der Waals surface area contributed by atoms with E-state index >= 15 is 0 Å². The largest absolute Gasteiger partial charge is 0.456 e. The maximum atomic E-state index is 13.7. The van der Waals surface area contributed by atoms with Crippen LogP contribution in [-0.4, -0.2) is 18.4 Å². The highest BCUT2D eigenvalue weighted by Crippen LogP contribution is 2.29. The van der Waals surface area contributed by atoms with E-state index in [9.17, 15) is 14.0 Å². The van der Waals surface area contributed by atoms with Crippen molar-refractivity contribution in [2.24, 2.45) is 0 Å². The molecule has 0 atom stereocenters. The first-order valence-electron chi connectivity index (χ1n) is 8.48. The summed E-state index contributed by atoms with van der Waals surface area (Å²) in [7, 11) is 0. The number of amides is 2. The number of para-hydroxylation sites is 1. The zero-order valence-corrected chi connectivity index (χ0v) is 16.4. The van der Waals surface area contributed by atoms with Gasteiger partial charge in [-0.1, -0.05) is 41.4 Å². The van der Waals surface area contributed by atoms with Crippen LogP contribution in [0.4, 0.5) is 10.1 Å². The van der Waals surface area contributed by atoms with Crippen molar-refractivity contribution in [3.8, 4) is 11.5 Å². The van der Waals surface area contributed by atoms with Crippen LogP contribution in [0.1, 0.15) is 10.4 Å². The lowest BCUT2D eigenvalue weighted by Gasteiger charge is -2.10. The molecule has 3 rings (SSSR count). The zero-order valence-electron chi connectivity index (χ0n) is 14.9. The van der Waals surface area contributed by atoms with Crippen molar-refractivity contribution in [1.82, 2.24) is 5.32 Å². The van der Waals surface area contributed by atoms with E-state index in [0.29, 0.717) is 22.2 Å². The van der Waals surface area contributed by atoms with Gasteiger partial charge in [0, 0.05) is 5.69 Å². The third-order valence-corrected chi connectivity index (χ3v) is 4.43. The predicted molar refractivity (Wildman–Crippen MR) is 110 cm³/mol. The first-order chi connectivity index (χ1) is 13.9. The lowest BCUT2D eigenvalue weighted by Crippen LogP contribution is -2.33. The molecule has 3 aromatic carbocycles. The predicted octanol–water partition coefficient (Wildman–Crippen LogP) is 5.29. The molecule has 0 saturated heterocycles. The normalized spacial score (nSPS) is 10.3. The number of benzene rings is 3. The molecular weight excluding hydrogens is 418 g/mol. The monoisotopic (exact) mass is 432 g/mol. The maximum absolute atomic E-state index is 13.7. The summed E-state index contributed by atoms with van der Waals surface area (Å²) in [6.07, 6.45) is 0. The topological polar surface area (TPSA) is 67.4 Å². The molecule has 0 fully saturated rings. The van der Waals surface area contributed by atoms with Crippen LogP contribution >= 0.6 is 23.2 Å². The van der Waals surface area contributed by atoms with E-state index < -0.39 is 17.6 Å². The first-order valence-corrected chi connectivity index (χ1v) is 9.24. The Balaban J connectivity index is 1.54. The van der Waals surface area contributed by atoms with Gasteiger partial charge in [-0.3, -0.25) is 9.59 Å². The average molecular weight is 433 g/mol. The van der Waals surface area contributed by atoms with Gasteiger partial charge in [-0.25, -0.2) is 4.39 Å². The van der Waals surface area contributed by atoms with Crippen LogP contribution in [0.25, 0.3) is 0 Å². The Morgan fingerprint density at radius 1 is 0.897 bits per heavy atom. The summed E-state index contributed by atoms with van der Waals surface area (Å²) in [5.74, 6) is -0.957. The fraction of sp³-hybridized carbons (Fsp3) is 0.0476. The molecule has 0 bridgehead atoms. The Kier molecular flexibility index (Phi) is 6.69. The summed E-state index contributed by atoms with van der Waals surface area (Å²) >= 11 is 11.9. The number of nitrogens with one attached hydrogen (secondary N) is 2. The minimum Gasteiger partial charge on any atom is -0.456 e. The van der Waals surface area contributed by atoms with Crippen molar-refractivity contribution >= 4 is 40.7 Å². The third-order valence-electron chi connectivity index (χ3n) is 3.80. The van der Waals surface area contributed by atoms with Gasteiger partial charge < -0.3 is 15.4 Å². The van der Waals surface area contributed by atoms with Crippen LogP contribution in [-0.2, 0) is 4.79 Å². The van der Waals surface area contributed by atoms with Crippen LogP contribution in [0, 0.1) is 5.82 Å². The van der Waals surface area contributed by atoms with Crippen molar-refractivity contribution in [3.63, 3.8) is 0 Å². The van der Waals surface area contributed by atoms with Crippen molar-refractivity contribution in [2.75, 3.05) is 11.9 Å². The van der Waals surface area contributed by atoms with Crippen LogP contribution in [0.5, 0.6) is 11.5 Å². The van der Waals surface area contributed by atoms with E-state index in [1.807, 2.05) is 0 Å². The molecule has 0 aromatic heterocycles. The molecule has 0 spiro atoms. The number of hydrogen-bond acceptors (Lipinski definition) is 3. The number of carbonyl (C=O) groups is 2. The lowest BCUT2D eigenvalue weighted by molar-refractivity contribution is -0.115. The van der Waals surface area contributed by atoms with Crippen LogP contribution in [0.2, 0.25) is 10.0 Å². The first kappa shape index (κ1) is 20.6. The van der Waals surface area contributed by atoms with Gasteiger partial charge in [0.2, 0.25) is 5.91 Å². The standard InChI is InChI=1S/C21H15Cl2FN2O3/c22-15-4-1-2-7-18(15)29-14-10-8-13(9-11-14)26-19(27)12-25-21(28)20-16(23)5-3-6-17(20)24/h1-11H,12H2,(H,25,28)(H,26,27). The Hall–Kier alpha value is -3.09. The maximum Gasteiger partial charge on any atom is 0.256 e. The van der Waals surface area contributed by atoms with E-state index in [0.717, 1.165) is 6.07 Å². The molecule has 29 heavy (non-hydrogen) atoms. The molecule has 3 aromatic rings. The molecule has 0 saturated carbocycles. The summed E-state index contributed by atoms with van der Waals surface area (Å²) in [6, 6.07) is 17.6. The molecule has 8 heteroatoms. The summed E-state index contributed by atoms with van der Waals surface area (Å²) in [4.78, 5) is 24.1. The van der Waals surface area contributed by atoms with Crippen molar-refractivity contribution in [1.29, 1.82) is 0 Å². The third kappa shape index (κ3) is 5.47. The van der Waals surface area contributed by atoms with E-state index in [1.54, 1.807) is 48.5 Å². The molecule has 0 unspecified atom stereocenters. The van der Waals surface area contributed by atoms with Crippen LogP contribution in [0.15, 0.2) is 66.7 Å². The van der Waals surface area contributed by atoms with Gasteiger partial charge in [-0.15, -0.1) is 0 Å². The Labute approximate surface area is 176 Å². The average Bonchev–Trinajstić information content (AvgIpc) is 2.69. The molecule has 2 N–H and O–H groups in total. The molecule has 0 heterocycles. The fourth-order valence-electron chi connectivity index (χ4n) is 2.43. The molecule has 0 aliphatic heterocycles. The van der Waals surface area contributed by atoms with Gasteiger partial charge in [-0.2, -0.15) is 0 Å². The smallest absolute Gasteiger partial charge is 0.256 e. The second-order valence-corrected chi connectivity index (χ2v) is 6.70. The number of halogens is 3. The second-order valence-electron chi connectivity index (χ2n) is 5.88. The number of anilines is 1. The summed E-state index contributed by atoms with van der Waals surface area (Å²) in [6.45, 7) is -0.346. The molecule has 0 aliphatic carbocycles. The minimum absolute atomic E-state index is 0.0305. The summed E-state index contributed by atoms with van der Waals surface area (Å²) in [5, 5.41) is 5.41. The highest BCUT2D eigenvalue weighted by molar-refractivity contribution is 6.34. The number of rotatable bonds is 6. The van der Waals surface area contributed by atoms with Gasteiger partial charge >= 0.3 is 0 Å².